The van der Waals surface area contributed by atoms with Crippen LogP contribution < -0.4 is 10.6 Å². The first-order valence-electron chi connectivity index (χ1n) is 12.2. The quantitative estimate of drug-likeness (QED) is 0.0983. The summed E-state index contributed by atoms with van der Waals surface area (Å²) in [7, 11) is 0. The summed E-state index contributed by atoms with van der Waals surface area (Å²) in [6.45, 7) is 0.975. The molecule has 7 N–H and O–H groups in total. The standard InChI is InChI=1S/C28H26N2O10/c31-19-12-20(32)25(35)22(24(19)34)23(33)14-3-9-17(10-4-14)28(39)40-21-2-1-11-29-13-18(21)30-26(36)15-5-7-16(8-6-15)27(37)38/h3-10,12,18,21,29,31-32,34-35H,1-2,11,13H2,(H,30,36)(H,37,38). The molecule has 0 aliphatic carbocycles. The van der Waals surface area contributed by atoms with Crippen LogP contribution in [0.4, 0.5) is 0 Å². The number of carbonyl (C=O) groups is 4. The lowest BCUT2D eigenvalue weighted by Gasteiger charge is -2.26. The molecule has 0 radical (unpaired) electrons. The summed E-state index contributed by atoms with van der Waals surface area (Å²) in [5.41, 5.74) is -0.368. The predicted molar refractivity (Wildman–Crippen MR) is 139 cm³/mol. The van der Waals surface area contributed by atoms with Crippen molar-refractivity contribution in [1.29, 1.82) is 0 Å². The fourth-order valence-electron chi connectivity index (χ4n) is 4.28. The summed E-state index contributed by atoms with van der Waals surface area (Å²) >= 11 is 0. The van der Waals surface area contributed by atoms with Crippen LogP contribution in [0.3, 0.4) is 0 Å². The van der Waals surface area contributed by atoms with Crippen molar-refractivity contribution in [3.05, 3.63) is 82.4 Å². The number of benzene rings is 3. The Morgan fingerprint density at radius 2 is 1.35 bits per heavy atom. The minimum Gasteiger partial charge on any atom is -0.504 e. The maximum Gasteiger partial charge on any atom is 0.338 e. The molecule has 1 saturated heterocycles. The molecule has 0 aromatic heterocycles. The van der Waals surface area contributed by atoms with E-state index < -0.39 is 64.3 Å². The van der Waals surface area contributed by atoms with Gasteiger partial charge in [0, 0.05) is 23.7 Å². The monoisotopic (exact) mass is 550 g/mol. The van der Waals surface area contributed by atoms with Gasteiger partial charge in [0.15, 0.2) is 23.0 Å². The van der Waals surface area contributed by atoms with Gasteiger partial charge < -0.3 is 40.9 Å². The molecular formula is C28H26N2O10. The van der Waals surface area contributed by atoms with Gasteiger partial charge in [-0.1, -0.05) is 12.1 Å². The molecule has 1 aliphatic heterocycles. The number of aromatic carboxylic acids is 1. The molecule has 1 aliphatic rings. The second-order valence-electron chi connectivity index (χ2n) is 9.15. The van der Waals surface area contributed by atoms with Gasteiger partial charge in [-0.3, -0.25) is 9.59 Å². The molecule has 0 bridgehead atoms. The van der Waals surface area contributed by atoms with Crippen molar-refractivity contribution in [3.63, 3.8) is 0 Å². The number of nitrogens with one attached hydrogen (secondary N) is 2. The van der Waals surface area contributed by atoms with Crippen molar-refractivity contribution in [2.45, 2.75) is 25.0 Å². The highest BCUT2D eigenvalue weighted by atomic mass is 16.5. The summed E-state index contributed by atoms with van der Waals surface area (Å²) in [6, 6.07) is 10.7. The number of carbonyl (C=O) groups excluding carboxylic acids is 3. The Morgan fingerprint density at radius 1 is 0.800 bits per heavy atom. The van der Waals surface area contributed by atoms with Gasteiger partial charge in [-0.05, 0) is 55.8 Å². The highest BCUT2D eigenvalue weighted by Crippen LogP contribution is 2.42. The van der Waals surface area contributed by atoms with Crippen molar-refractivity contribution in [1.82, 2.24) is 10.6 Å². The molecular weight excluding hydrogens is 524 g/mol. The van der Waals surface area contributed by atoms with Crippen LogP contribution in [0.15, 0.2) is 54.6 Å². The Labute approximate surface area is 227 Å². The minimum atomic E-state index is -1.11. The second-order valence-corrected chi connectivity index (χ2v) is 9.15. The molecule has 3 aromatic rings. The van der Waals surface area contributed by atoms with Crippen molar-refractivity contribution < 1.29 is 49.4 Å². The van der Waals surface area contributed by atoms with E-state index in [1.807, 2.05) is 0 Å². The van der Waals surface area contributed by atoms with Crippen LogP contribution in [0.5, 0.6) is 23.0 Å². The number of ketones is 1. The van der Waals surface area contributed by atoms with Crippen LogP contribution in [-0.2, 0) is 4.74 Å². The zero-order valence-electron chi connectivity index (χ0n) is 21.0. The van der Waals surface area contributed by atoms with Crippen LogP contribution >= 0.6 is 0 Å². The molecule has 1 heterocycles. The minimum absolute atomic E-state index is 0.0425. The number of rotatable bonds is 7. The molecule has 2 atom stereocenters. The molecule has 2 unspecified atom stereocenters. The molecule has 1 amide bonds. The predicted octanol–water partition coefficient (Wildman–Crippen LogP) is 2.15. The van der Waals surface area contributed by atoms with Crippen molar-refractivity contribution in [3.8, 4) is 23.0 Å². The molecule has 3 aromatic carbocycles. The van der Waals surface area contributed by atoms with E-state index in [1.54, 1.807) is 0 Å². The van der Waals surface area contributed by atoms with E-state index in [9.17, 15) is 39.6 Å². The summed E-state index contributed by atoms with van der Waals surface area (Å²) in [5.74, 6) is -6.59. The number of carboxylic acid groups (broad SMARTS) is 1. The zero-order chi connectivity index (χ0) is 29.0. The maximum atomic E-state index is 12.9. The molecule has 4 rings (SSSR count). The Bertz CT molecular complexity index is 1430. The number of aromatic hydroxyl groups is 4. The number of hydrogen-bond donors (Lipinski definition) is 7. The molecule has 208 valence electrons. The lowest BCUT2D eigenvalue weighted by molar-refractivity contribution is 0.0192. The number of ether oxygens (including phenoxy) is 1. The largest absolute Gasteiger partial charge is 0.504 e. The van der Waals surface area contributed by atoms with E-state index in [-0.39, 0.29) is 22.3 Å². The van der Waals surface area contributed by atoms with Gasteiger partial charge in [0.05, 0.1) is 17.2 Å². The molecule has 12 nitrogen and oxygen atoms in total. The van der Waals surface area contributed by atoms with Crippen LogP contribution in [-0.4, -0.2) is 74.4 Å². The van der Waals surface area contributed by atoms with Gasteiger partial charge in [-0.2, -0.15) is 0 Å². The number of carboxylic acids is 1. The van der Waals surface area contributed by atoms with E-state index in [4.69, 9.17) is 9.84 Å². The fraction of sp³-hybridized carbons (Fsp3) is 0.214. The van der Waals surface area contributed by atoms with E-state index in [0.717, 1.165) is 0 Å². The van der Waals surface area contributed by atoms with Gasteiger partial charge in [-0.25, -0.2) is 9.59 Å². The lowest BCUT2D eigenvalue weighted by atomic mass is 9.99. The summed E-state index contributed by atoms with van der Waals surface area (Å²) in [4.78, 5) is 49.6. The maximum absolute atomic E-state index is 12.9. The second kappa shape index (κ2) is 11.7. The summed E-state index contributed by atoms with van der Waals surface area (Å²) in [5, 5.41) is 54.4. The molecule has 1 fully saturated rings. The van der Waals surface area contributed by atoms with Gasteiger partial charge in [-0.15, -0.1) is 0 Å². The van der Waals surface area contributed by atoms with Crippen LogP contribution in [0.1, 0.15) is 59.8 Å². The number of hydrogen-bond acceptors (Lipinski definition) is 10. The molecule has 40 heavy (non-hydrogen) atoms. The van der Waals surface area contributed by atoms with E-state index in [1.165, 1.54) is 48.5 Å². The van der Waals surface area contributed by atoms with Gasteiger partial charge in [0.2, 0.25) is 5.78 Å². The number of amides is 1. The van der Waals surface area contributed by atoms with E-state index in [2.05, 4.69) is 10.6 Å². The first-order chi connectivity index (χ1) is 19.1. The van der Waals surface area contributed by atoms with Crippen LogP contribution in [0.25, 0.3) is 0 Å². The Hall–Kier alpha value is -5.10. The zero-order valence-corrected chi connectivity index (χ0v) is 21.0. The Balaban J connectivity index is 1.46. The van der Waals surface area contributed by atoms with Gasteiger partial charge >= 0.3 is 11.9 Å². The average Bonchev–Trinajstić information content (AvgIpc) is 3.16. The first kappa shape index (κ1) is 27.9. The summed E-state index contributed by atoms with van der Waals surface area (Å²) < 4.78 is 5.71. The molecule has 12 heteroatoms. The highest BCUT2D eigenvalue weighted by Gasteiger charge is 2.30. The number of phenols is 4. The number of esters is 1. The smallest absolute Gasteiger partial charge is 0.338 e. The third-order valence-electron chi connectivity index (χ3n) is 6.47. The molecule has 0 saturated carbocycles. The third-order valence-corrected chi connectivity index (χ3v) is 6.47. The SMILES string of the molecule is O=C(O)c1ccc(C(=O)NC2CNCCCC2OC(=O)c2ccc(C(=O)c3c(O)c(O)cc(O)c3O)cc2)cc1. The van der Waals surface area contributed by atoms with Gasteiger partial charge in [0.1, 0.15) is 11.7 Å². The van der Waals surface area contributed by atoms with Gasteiger partial charge in [0.25, 0.3) is 5.91 Å². The fourth-order valence-corrected chi connectivity index (χ4v) is 4.28. The van der Waals surface area contributed by atoms with Crippen LogP contribution in [0, 0.1) is 0 Å². The van der Waals surface area contributed by atoms with Crippen molar-refractivity contribution in [2.75, 3.05) is 13.1 Å². The topological polar surface area (TPSA) is 203 Å². The molecule has 0 spiro atoms. The van der Waals surface area contributed by atoms with E-state index in [0.29, 0.717) is 32.0 Å². The van der Waals surface area contributed by atoms with E-state index >= 15 is 0 Å². The number of phenolic OH excluding ortho intramolecular Hbond substituents is 4. The van der Waals surface area contributed by atoms with Crippen molar-refractivity contribution in [2.24, 2.45) is 0 Å². The average molecular weight is 551 g/mol. The first-order valence-corrected chi connectivity index (χ1v) is 12.2. The van der Waals surface area contributed by atoms with Crippen molar-refractivity contribution >= 4 is 23.6 Å². The normalized spacial score (nSPS) is 16.9. The third kappa shape index (κ3) is 5.97. The lowest BCUT2D eigenvalue weighted by Crippen LogP contribution is -2.49. The van der Waals surface area contributed by atoms with Crippen LogP contribution in [0.2, 0.25) is 0 Å². The highest BCUT2D eigenvalue weighted by molar-refractivity contribution is 6.13. The summed E-state index contributed by atoms with van der Waals surface area (Å²) in [6.07, 6.45) is 0.447. The Morgan fingerprint density at radius 3 is 1.95 bits per heavy atom. The Kier molecular flexibility index (Phi) is 8.20.